The smallest absolute Gasteiger partial charge is 0.325 e. The van der Waals surface area contributed by atoms with Gasteiger partial charge in [-0.2, -0.15) is 0 Å². The van der Waals surface area contributed by atoms with E-state index in [2.05, 4.69) is 24.0 Å². The van der Waals surface area contributed by atoms with Crippen LogP contribution in [0, 0.1) is 6.92 Å². The largest absolute Gasteiger partial charge is 0.480 e. The van der Waals surface area contributed by atoms with Crippen LogP contribution in [0.1, 0.15) is 26.2 Å². The number of rotatable bonds is 3. The lowest BCUT2D eigenvalue weighted by atomic mass is 10.00. The molecule has 1 N–H and O–H groups in total. The van der Waals surface area contributed by atoms with Gasteiger partial charge in [0.2, 0.25) is 0 Å². The maximum Gasteiger partial charge on any atom is 0.325 e. The van der Waals surface area contributed by atoms with Gasteiger partial charge in [-0.25, -0.2) is 0 Å². The van der Waals surface area contributed by atoms with E-state index >= 15 is 0 Å². The maximum atomic E-state index is 11.6. The summed E-state index contributed by atoms with van der Waals surface area (Å²) in [5.74, 6) is -0.743. The number of carboxylic acids is 1. The van der Waals surface area contributed by atoms with Gasteiger partial charge < -0.3 is 5.11 Å². The summed E-state index contributed by atoms with van der Waals surface area (Å²) in [6.07, 6.45) is 0.959. The van der Waals surface area contributed by atoms with E-state index in [9.17, 15) is 9.90 Å². The van der Waals surface area contributed by atoms with Gasteiger partial charge in [0.1, 0.15) is 6.04 Å². The Labute approximate surface area is 120 Å². The Morgan fingerprint density at radius 2 is 2.32 bits per heavy atom. The van der Waals surface area contributed by atoms with Crippen molar-refractivity contribution in [1.29, 1.82) is 0 Å². The number of fused-ring (bicyclic) bond motifs is 1. The third-order valence-corrected chi connectivity index (χ3v) is 5.44. The van der Waals surface area contributed by atoms with Gasteiger partial charge in [0.05, 0.1) is 0 Å². The topological polar surface area (TPSA) is 40.5 Å². The highest BCUT2D eigenvalue weighted by molar-refractivity contribution is 7.11. The lowest BCUT2D eigenvalue weighted by Gasteiger charge is -2.32. The predicted octanol–water partition coefficient (Wildman–Crippen LogP) is 3.30. The molecule has 2 aromatic heterocycles. The normalized spacial score (nSPS) is 19.3. The number of nitrogens with zero attached hydrogens (tertiary/aromatic N) is 1. The van der Waals surface area contributed by atoms with Gasteiger partial charge in [0, 0.05) is 27.7 Å². The van der Waals surface area contributed by atoms with E-state index < -0.39 is 12.0 Å². The second-order valence-corrected chi connectivity index (χ2v) is 7.15. The fraction of sp³-hybridized carbons (Fsp3) is 0.357. The fourth-order valence-electron chi connectivity index (χ4n) is 2.60. The zero-order chi connectivity index (χ0) is 13.4. The number of hydrogen-bond acceptors (Lipinski definition) is 4. The first-order valence-corrected chi connectivity index (χ1v) is 7.93. The number of thiophene rings is 2. The Morgan fingerprint density at radius 3 is 3.00 bits per heavy atom. The molecule has 3 heterocycles. The molecule has 0 aromatic carbocycles. The van der Waals surface area contributed by atoms with Gasteiger partial charge in [-0.3, -0.25) is 9.69 Å². The molecule has 1 aliphatic rings. The SMILES string of the molecule is Cc1ccc(CN2CCc3sccc3C2C(=O)O)s1. The Morgan fingerprint density at radius 1 is 1.47 bits per heavy atom. The molecule has 1 atom stereocenters. The van der Waals surface area contributed by atoms with Crippen LogP contribution in [0.5, 0.6) is 0 Å². The van der Waals surface area contributed by atoms with Crippen LogP contribution >= 0.6 is 22.7 Å². The molecule has 100 valence electrons. The van der Waals surface area contributed by atoms with Crippen LogP contribution in [0.15, 0.2) is 23.6 Å². The average molecular weight is 293 g/mol. The first-order chi connectivity index (χ1) is 9.15. The van der Waals surface area contributed by atoms with Crippen molar-refractivity contribution in [2.45, 2.75) is 25.9 Å². The van der Waals surface area contributed by atoms with Gasteiger partial charge >= 0.3 is 5.97 Å². The summed E-state index contributed by atoms with van der Waals surface area (Å²) >= 11 is 3.42. The lowest BCUT2D eigenvalue weighted by molar-refractivity contribution is -0.144. The van der Waals surface area contributed by atoms with Crippen molar-refractivity contribution >= 4 is 28.6 Å². The molecule has 5 heteroatoms. The highest BCUT2D eigenvalue weighted by Crippen LogP contribution is 2.35. The number of aryl methyl sites for hydroxylation is 1. The van der Waals surface area contributed by atoms with Gasteiger partial charge in [-0.05, 0) is 42.5 Å². The Hall–Kier alpha value is -1.17. The first-order valence-electron chi connectivity index (χ1n) is 6.23. The fourth-order valence-corrected chi connectivity index (χ4v) is 4.42. The van der Waals surface area contributed by atoms with Crippen molar-refractivity contribution in [3.05, 3.63) is 43.8 Å². The summed E-state index contributed by atoms with van der Waals surface area (Å²) in [4.78, 5) is 17.4. The van der Waals surface area contributed by atoms with Gasteiger partial charge in [-0.1, -0.05) is 0 Å². The van der Waals surface area contributed by atoms with Crippen molar-refractivity contribution in [3.63, 3.8) is 0 Å². The van der Waals surface area contributed by atoms with Crippen LogP contribution in [0.2, 0.25) is 0 Å². The molecular formula is C14H15NO2S2. The number of carbonyl (C=O) groups is 1. The second kappa shape index (κ2) is 5.07. The molecule has 0 fully saturated rings. The summed E-state index contributed by atoms with van der Waals surface area (Å²) in [5.41, 5.74) is 0.983. The highest BCUT2D eigenvalue weighted by atomic mass is 32.1. The average Bonchev–Trinajstić information content (AvgIpc) is 2.97. The van der Waals surface area contributed by atoms with E-state index in [0.717, 1.165) is 25.1 Å². The Balaban J connectivity index is 1.87. The molecular weight excluding hydrogens is 278 g/mol. The van der Waals surface area contributed by atoms with E-state index in [1.807, 2.05) is 11.4 Å². The quantitative estimate of drug-likeness (QED) is 0.944. The standard InChI is InChI=1S/C14H15NO2S2/c1-9-2-3-10(19-9)8-15-6-4-12-11(5-7-18-12)13(15)14(16)17/h2-3,5,7,13H,4,6,8H2,1H3,(H,16,17). The monoisotopic (exact) mass is 293 g/mol. The molecule has 0 amide bonds. The third-order valence-electron chi connectivity index (χ3n) is 3.45. The summed E-state index contributed by atoms with van der Waals surface area (Å²) in [7, 11) is 0. The van der Waals surface area contributed by atoms with Crippen molar-refractivity contribution in [2.75, 3.05) is 6.54 Å². The summed E-state index contributed by atoms with van der Waals surface area (Å²) < 4.78 is 0. The first kappa shape index (κ1) is 12.8. The summed E-state index contributed by atoms with van der Waals surface area (Å²) in [6.45, 7) is 3.63. The minimum absolute atomic E-state index is 0.489. The molecule has 0 bridgehead atoms. The van der Waals surface area contributed by atoms with E-state index in [0.29, 0.717) is 0 Å². The van der Waals surface area contributed by atoms with E-state index in [1.54, 1.807) is 22.7 Å². The van der Waals surface area contributed by atoms with Crippen LogP contribution in [0.4, 0.5) is 0 Å². The third kappa shape index (κ3) is 2.45. The molecule has 1 unspecified atom stereocenters. The highest BCUT2D eigenvalue weighted by Gasteiger charge is 2.33. The van der Waals surface area contributed by atoms with Crippen molar-refractivity contribution < 1.29 is 9.90 Å². The lowest BCUT2D eigenvalue weighted by Crippen LogP contribution is -2.38. The zero-order valence-corrected chi connectivity index (χ0v) is 12.3. The molecule has 0 spiro atoms. The Kier molecular flexibility index (Phi) is 3.43. The number of hydrogen-bond donors (Lipinski definition) is 1. The number of aliphatic carboxylic acids is 1. The number of carboxylic acid groups (broad SMARTS) is 1. The van der Waals surface area contributed by atoms with E-state index in [-0.39, 0.29) is 0 Å². The molecule has 3 nitrogen and oxygen atoms in total. The minimum Gasteiger partial charge on any atom is -0.480 e. The molecule has 1 aliphatic heterocycles. The molecule has 0 saturated heterocycles. The summed E-state index contributed by atoms with van der Waals surface area (Å²) in [5, 5.41) is 11.5. The van der Waals surface area contributed by atoms with Crippen LogP contribution < -0.4 is 0 Å². The van der Waals surface area contributed by atoms with Crippen LogP contribution in [-0.2, 0) is 17.8 Å². The molecule has 3 rings (SSSR count). The molecule has 0 aliphatic carbocycles. The summed E-state index contributed by atoms with van der Waals surface area (Å²) in [6, 6.07) is 5.67. The van der Waals surface area contributed by atoms with Gasteiger partial charge in [0.25, 0.3) is 0 Å². The van der Waals surface area contributed by atoms with Crippen LogP contribution in [-0.4, -0.2) is 22.5 Å². The molecule has 2 aromatic rings. The van der Waals surface area contributed by atoms with Crippen molar-refractivity contribution in [2.24, 2.45) is 0 Å². The van der Waals surface area contributed by atoms with Crippen molar-refractivity contribution in [3.8, 4) is 0 Å². The predicted molar refractivity (Wildman–Crippen MR) is 77.9 cm³/mol. The maximum absolute atomic E-state index is 11.6. The van der Waals surface area contributed by atoms with Crippen molar-refractivity contribution in [1.82, 2.24) is 4.90 Å². The minimum atomic E-state index is -0.743. The van der Waals surface area contributed by atoms with Crippen LogP contribution in [0.25, 0.3) is 0 Å². The zero-order valence-electron chi connectivity index (χ0n) is 10.6. The van der Waals surface area contributed by atoms with E-state index in [4.69, 9.17) is 0 Å². The Bertz CT molecular complexity index is 602. The second-order valence-electron chi connectivity index (χ2n) is 4.77. The van der Waals surface area contributed by atoms with E-state index in [1.165, 1.54) is 14.6 Å². The molecule has 19 heavy (non-hydrogen) atoms. The van der Waals surface area contributed by atoms with Gasteiger partial charge in [-0.15, -0.1) is 22.7 Å². The molecule has 0 radical (unpaired) electrons. The molecule has 0 saturated carbocycles. The van der Waals surface area contributed by atoms with Crippen LogP contribution in [0.3, 0.4) is 0 Å². The van der Waals surface area contributed by atoms with Gasteiger partial charge in [0.15, 0.2) is 0 Å².